The number of nitrogen functional groups attached to an aromatic ring is 1. The third-order valence-electron chi connectivity index (χ3n) is 5.17. The van der Waals surface area contributed by atoms with Gasteiger partial charge in [-0.15, -0.1) is 0 Å². The minimum atomic E-state index is -0.680. The largest absolute Gasteiger partial charge is 0.481 e. The van der Waals surface area contributed by atoms with Crippen molar-refractivity contribution in [2.45, 2.75) is 0 Å². The third-order valence-corrected chi connectivity index (χ3v) is 5.17. The predicted octanol–water partition coefficient (Wildman–Crippen LogP) is 2.47. The van der Waals surface area contributed by atoms with E-state index in [0.717, 1.165) is 5.52 Å². The van der Waals surface area contributed by atoms with Gasteiger partial charge in [0.1, 0.15) is 0 Å². The first-order valence-corrected chi connectivity index (χ1v) is 11.0. The van der Waals surface area contributed by atoms with E-state index in [4.69, 9.17) is 19.9 Å². The van der Waals surface area contributed by atoms with Crippen molar-refractivity contribution in [2.75, 3.05) is 39.5 Å². The molecule has 13 heteroatoms. The molecule has 0 radical (unpaired) electrons. The molecule has 4 rings (SSSR count). The number of fused-ring (bicyclic) bond motifs is 1. The van der Waals surface area contributed by atoms with Gasteiger partial charge in [-0.2, -0.15) is 5.10 Å². The van der Waals surface area contributed by atoms with E-state index in [-0.39, 0.29) is 34.3 Å². The molecule has 38 heavy (non-hydrogen) atoms. The van der Waals surface area contributed by atoms with Gasteiger partial charge in [-0.05, 0) is 18.2 Å². The lowest BCUT2D eigenvalue weighted by atomic mass is 10.2. The number of nitrogens with zero attached hydrogens (tertiary/aromatic N) is 4. The number of benzene rings is 1. The number of nitrogens with one attached hydrogen (secondary N) is 1. The van der Waals surface area contributed by atoms with Crippen molar-refractivity contribution in [3.63, 3.8) is 0 Å². The molecule has 0 aliphatic carbocycles. The van der Waals surface area contributed by atoms with Gasteiger partial charge >= 0.3 is 11.9 Å². The Balaban J connectivity index is 0.000000260. The number of aryl methyl sites for hydroxylation is 1. The van der Waals surface area contributed by atoms with Crippen molar-refractivity contribution in [1.29, 1.82) is 0 Å². The summed E-state index contributed by atoms with van der Waals surface area (Å²) in [5.74, 6) is -1.14. The lowest BCUT2D eigenvalue weighted by molar-refractivity contribution is 0.0585. The van der Waals surface area contributed by atoms with Crippen molar-refractivity contribution in [2.24, 2.45) is 7.05 Å². The number of carbonyl (C=O) groups is 3. The smallest absolute Gasteiger partial charge is 0.358 e. The number of hydrogen-bond donors (Lipinski definition) is 2. The van der Waals surface area contributed by atoms with E-state index in [0.29, 0.717) is 11.3 Å². The molecule has 0 unspecified atom stereocenters. The summed E-state index contributed by atoms with van der Waals surface area (Å²) in [6.07, 6.45) is 0. The van der Waals surface area contributed by atoms with E-state index in [2.05, 4.69) is 25.1 Å². The highest BCUT2D eigenvalue weighted by molar-refractivity contribution is 6.12. The second kappa shape index (κ2) is 12.2. The Morgan fingerprint density at radius 3 is 2.00 bits per heavy atom. The van der Waals surface area contributed by atoms with Gasteiger partial charge in [0.05, 0.1) is 45.3 Å². The summed E-state index contributed by atoms with van der Waals surface area (Å²) < 4.78 is 20.7. The van der Waals surface area contributed by atoms with Crippen LogP contribution < -0.4 is 20.5 Å². The van der Waals surface area contributed by atoms with E-state index in [1.807, 2.05) is 24.3 Å². The highest BCUT2D eigenvalue weighted by Crippen LogP contribution is 2.22. The van der Waals surface area contributed by atoms with Gasteiger partial charge < -0.3 is 30.0 Å². The SMILES string of the molecule is COC(=O)c1nc(OC)ccc1N.COC(=O)c1nc(OC)ccc1NC(=O)c1nn(C)c2ccccc12. The van der Waals surface area contributed by atoms with E-state index >= 15 is 0 Å². The quantitative estimate of drug-likeness (QED) is 0.357. The van der Waals surface area contributed by atoms with E-state index in [1.54, 1.807) is 23.9 Å². The van der Waals surface area contributed by atoms with Crippen molar-refractivity contribution in [3.05, 3.63) is 65.6 Å². The molecule has 3 heterocycles. The number of esters is 2. The van der Waals surface area contributed by atoms with Crippen LogP contribution in [-0.2, 0) is 16.5 Å². The van der Waals surface area contributed by atoms with Crippen LogP contribution in [0.2, 0.25) is 0 Å². The molecule has 0 aliphatic rings. The van der Waals surface area contributed by atoms with Gasteiger partial charge in [-0.1, -0.05) is 18.2 Å². The summed E-state index contributed by atoms with van der Waals surface area (Å²) in [5, 5.41) is 7.63. The molecule has 0 bridgehead atoms. The second-order valence-corrected chi connectivity index (χ2v) is 7.47. The highest BCUT2D eigenvalue weighted by atomic mass is 16.5. The van der Waals surface area contributed by atoms with Gasteiger partial charge in [0.15, 0.2) is 17.1 Å². The molecule has 198 valence electrons. The number of hydrogen-bond acceptors (Lipinski definition) is 11. The zero-order valence-electron chi connectivity index (χ0n) is 21.3. The average Bonchev–Trinajstić information content (AvgIpc) is 3.29. The number of nitrogens with two attached hydrogens (primary N) is 1. The molecule has 3 aromatic heterocycles. The zero-order valence-corrected chi connectivity index (χ0v) is 21.3. The summed E-state index contributed by atoms with van der Waals surface area (Å²) in [6, 6.07) is 13.6. The number of anilines is 2. The molecule has 0 fully saturated rings. The lowest BCUT2D eigenvalue weighted by Crippen LogP contribution is -2.17. The number of aromatic nitrogens is 4. The number of carbonyl (C=O) groups excluding carboxylic acids is 3. The Morgan fingerprint density at radius 1 is 0.789 bits per heavy atom. The molecule has 0 atom stereocenters. The number of para-hydroxylation sites is 1. The Hall–Kier alpha value is -5.20. The summed E-state index contributed by atoms with van der Waals surface area (Å²) in [5.41, 5.74) is 7.10. The van der Waals surface area contributed by atoms with Crippen LogP contribution in [0.5, 0.6) is 11.8 Å². The number of ether oxygens (including phenoxy) is 4. The Kier molecular flexibility index (Phi) is 8.77. The van der Waals surface area contributed by atoms with Crippen LogP contribution in [0.4, 0.5) is 11.4 Å². The zero-order chi connectivity index (χ0) is 27.8. The first-order chi connectivity index (χ1) is 18.2. The number of pyridine rings is 2. The van der Waals surface area contributed by atoms with E-state index < -0.39 is 17.8 Å². The van der Waals surface area contributed by atoms with Crippen molar-refractivity contribution in [1.82, 2.24) is 19.7 Å². The molecular weight excluding hydrogens is 496 g/mol. The highest BCUT2D eigenvalue weighted by Gasteiger charge is 2.21. The predicted molar refractivity (Wildman–Crippen MR) is 137 cm³/mol. The van der Waals surface area contributed by atoms with Gasteiger partial charge in [0.25, 0.3) is 5.91 Å². The number of rotatable bonds is 6. The molecule has 0 saturated carbocycles. The molecule has 0 aliphatic heterocycles. The fourth-order valence-electron chi connectivity index (χ4n) is 3.30. The average molecular weight is 523 g/mol. The minimum Gasteiger partial charge on any atom is -0.481 e. The maximum Gasteiger partial charge on any atom is 0.358 e. The number of methoxy groups -OCH3 is 4. The first-order valence-electron chi connectivity index (χ1n) is 11.0. The van der Waals surface area contributed by atoms with Crippen LogP contribution in [0, 0.1) is 0 Å². The van der Waals surface area contributed by atoms with Crippen molar-refractivity contribution in [3.8, 4) is 11.8 Å². The molecule has 0 spiro atoms. The fourth-order valence-corrected chi connectivity index (χ4v) is 3.30. The van der Waals surface area contributed by atoms with Gasteiger partial charge in [-0.3, -0.25) is 9.48 Å². The van der Waals surface area contributed by atoms with Gasteiger partial charge in [0.2, 0.25) is 11.8 Å². The summed E-state index contributed by atoms with van der Waals surface area (Å²) in [6.45, 7) is 0. The lowest BCUT2D eigenvalue weighted by Gasteiger charge is -2.09. The van der Waals surface area contributed by atoms with E-state index in [9.17, 15) is 14.4 Å². The summed E-state index contributed by atoms with van der Waals surface area (Å²) >= 11 is 0. The van der Waals surface area contributed by atoms with Crippen LogP contribution in [-0.4, -0.2) is 66.0 Å². The molecular formula is C25H26N6O7. The standard InChI is InChI=1S/C17H16N4O4.C8H10N2O3/c1-21-12-7-5-4-6-10(12)14(20-21)16(22)18-11-8-9-13(24-2)19-15(11)17(23)25-3;1-12-6-4-3-5(9)7(10-6)8(11)13-2/h4-9H,1-3H3,(H,18,22);3-4H,9H2,1-2H3. The molecule has 3 N–H and O–H groups in total. The maximum atomic E-state index is 12.7. The molecule has 4 aromatic rings. The molecule has 13 nitrogen and oxygen atoms in total. The van der Waals surface area contributed by atoms with Crippen LogP contribution in [0.15, 0.2) is 48.5 Å². The first kappa shape index (κ1) is 27.4. The fraction of sp³-hybridized carbons (Fsp3) is 0.200. The topological polar surface area (TPSA) is 170 Å². The van der Waals surface area contributed by atoms with Gasteiger partial charge in [0, 0.05) is 24.6 Å². The molecule has 0 saturated heterocycles. The van der Waals surface area contributed by atoms with Crippen LogP contribution in [0.25, 0.3) is 10.9 Å². The van der Waals surface area contributed by atoms with Crippen LogP contribution in [0.1, 0.15) is 31.5 Å². The normalized spacial score (nSPS) is 10.1. The van der Waals surface area contributed by atoms with Gasteiger partial charge in [-0.25, -0.2) is 19.6 Å². The summed E-state index contributed by atoms with van der Waals surface area (Å²) in [7, 11) is 7.15. The van der Waals surface area contributed by atoms with Crippen LogP contribution in [0.3, 0.4) is 0 Å². The van der Waals surface area contributed by atoms with Crippen LogP contribution >= 0.6 is 0 Å². The Morgan fingerprint density at radius 2 is 1.37 bits per heavy atom. The monoisotopic (exact) mass is 522 g/mol. The van der Waals surface area contributed by atoms with Crippen molar-refractivity contribution >= 4 is 40.1 Å². The van der Waals surface area contributed by atoms with E-state index in [1.165, 1.54) is 40.6 Å². The molecule has 1 aromatic carbocycles. The van der Waals surface area contributed by atoms with Crippen molar-refractivity contribution < 1.29 is 33.3 Å². The second-order valence-electron chi connectivity index (χ2n) is 7.47. The third kappa shape index (κ3) is 5.95. The molecule has 1 amide bonds. The number of amides is 1. The Labute approximate surface area is 217 Å². The minimum absolute atomic E-state index is 0.0459. The maximum absolute atomic E-state index is 12.7. The summed E-state index contributed by atoms with van der Waals surface area (Å²) in [4.78, 5) is 43.5. The Bertz CT molecular complexity index is 1480.